The van der Waals surface area contributed by atoms with Crippen molar-refractivity contribution in [2.75, 3.05) is 27.4 Å². The predicted octanol–water partition coefficient (Wildman–Crippen LogP) is 3.14. The molecular formula is C15H19ClN2O3. The van der Waals surface area contributed by atoms with Crippen molar-refractivity contribution in [2.24, 2.45) is 0 Å². The highest BCUT2D eigenvalue weighted by Crippen LogP contribution is 2.35. The normalized spacial score (nSPS) is 16.3. The second kappa shape index (κ2) is 6.12. The molecule has 1 aliphatic rings. The Morgan fingerprint density at radius 1 is 1.24 bits per heavy atom. The molecule has 0 unspecified atom stereocenters. The number of aromatic nitrogens is 2. The maximum Gasteiger partial charge on any atom is 0.163 e. The Hall–Kier alpha value is -1.46. The van der Waals surface area contributed by atoms with Gasteiger partial charge in [0.25, 0.3) is 0 Å². The second-order valence-corrected chi connectivity index (χ2v) is 5.34. The van der Waals surface area contributed by atoms with Gasteiger partial charge in [0.15, 0.2) is 11.5 Å². The van der Waals surface area contributed by atoms with Gasteiger partial charge in [0.1, 0.15) is 5.82 Å². The Bertz CT molecular complexity index is 635. The topological polar surface area (TPSA) is 45.5 Å². The molecule has 114 valence electrons. The fraction of sp³-hybridized carbons (Fsp3) is 0.533. The minimum Gasteiger partial charge on any atom is -0.493 e. The van der Waals surface area contributed by atoms with Crippen LogP contribution in [0.25, 0.3) is 11.0 Å². The fourth-order valence-electron chi connectivity index (χ4n) is 2.92. The molecule has 2 heterocycles. The highest BCUT2D eigenvalue weighted by molar-refractivity contribution is 6.16. The third-order valence-electron chi connectivity index (χ3n) is 3.94. The molecule has 1 aromatic carbocycles. The molecule has 0 radical (unpaired) electrons. The zero-order chi connectivity index (χ0) is 14.8. The quantitative estimate of drug-likeness (QED) is 0.814. The highest BCUT2D eigenvalue weighted by atomic mass is 35.5. The van der Waals surface area contributed by atoms with Crippen LogP contribution in [0.2, 0.25) is 0 Å². The van der Waals surface area contributed by atoms with E-state index < -0.39 is 0 Å². The molecule has 0 bridgehead atoms. The number of imidazole rings is 1. The van der Waals surface area contributed by atoms with Gasteiger partial charge in [0.05, 0.1) is 31.1 Å². The lowest BCUT2D eigenvalue weighted by atomic mass is 10.1. The number of nitrogens with zero attached hydrogens (tertiary/aromatic N) is 2. The van der Waals surface area contributed by atoms with Crippen LogP contribution in [-0.2, 0) is 10.6 Å². The molecule has 1 saturated heterocycles. The molecule has 0 aliphatic carbocycles. The van der Waals surface area contributed by atoms with Crippen LogP contribution in [-0.4, -0.2) is 37.0 Å². The number of methoxy groups -OCH3 is 2. The summed E-state index contributed by atoms with van der Waals surface area (Å²) in [6.45, 7) is 1.55. The van der Waals surface area contributed by atoms with Gasteiger partial charge >= 0.3 is 0 Å². The monoisotopic (exact) mass is 310 g/mol. The van der Waals surface area contributed by atoms with E-state index in [1.807, 2.05) is 12.1 Å². The summed E-state index contributed by atoms with van der Waals surface area (Å²) in [7, 11) is 3.27. The van der Waals surface area contributed by atoms with Gasteiger partial charge in [0, 0.05) is 31.4 Å². The number of fused-ring (bicyclic) bond motifs is 1. The van der Waals surface area contributed by atoms with Gasteiger partial charge in [-0.1, -0.05) is 0 Å². The van der Waals surface area contributed by atoms with E-state index in [-0.39, 0.29) is 0 Å². The van der Waals surface area contributed by atoms with Crippen LogP contribution in [0, 0.1) is 0 Å². The number of hydrogen-bond donors (Lipinski definition) is 0. The summed E-state index contributed by atoms with van der Waals surface area (Å²) in [5.41, 5.74) is 1.92. The number of hydrogen-bond acceptors (Lipinski definition) is 4. The van der Waals surface area contributed by atoms with Crippen molar-refractivity contribution < 1.29 is 14.2 Å². The zero-order valence-corrected chi connectivity index (χ0v) is 13.0. The van der Waals surface area contributed by atoms with Gasteiger partial charge in [-0.25, -0.2) is 4.98 Å². The number of benzene rings is 1. The minimum atomic E-state index is 0.371. The molecule has 0 atom stereocenters. The van der Waals surface area contributed by atoms with Crippen LogP contribution < -0.4 is 9.47 Å². The Morgan fingerprint density at radius 2 is 1.90 bits per heavy atom. The molecule has 5 nitrogen and oxygen atoms in total. The van der Waals surface area contributed by atoms with Crippen LogP contribution in [0.3, 0.4) is 0 Å². The lowest BCUT2D eigenvalue weighted by molar-refractivity contribution is 0.0700. The van der Waals surface area contributed by atoms with Crippen molar-refractivity contribution in [3.05, 3.63) is 18.0 Å². The van der Waals surface area contributed by atoms with Crippen molar-refractivity contribution in [3.63, 3.8) is 0 Å². The summed E-state index contributed by atoms with van der Waals surface area (Å²) in [6.07, 6.45) is 1.95. The summed E-state index contributed by atoms with van der Waals surface area (Å²) in [6, 6.07) is 4.25. The van der Waals surface area contributed by atoms with Gasteiger partial charge in [0.2, 0.25) is 0 Å². The van der Waals surface area contributed by atoms with E-state index in [4.69, 9.17) is 25.8 Å². The average Bonchev–Trinajstić information content (AvgIpc) is 2.91. The Kier molecular flexibility index (Phi) is 4.22. The van der Waals surface area contributed by atoms with Gasteiger partial charge in [-0.2, -0.15) is 0 Å². The van der Waals surface area contributed by atoms with Crippen molar-refractivity contribution in [1.29, 1.82) is 0 Å². The lowest BCUT2D eigenvalue weighted by Crippen LogP contribution is -2.20. The van der Waals surface area contributed by atoms with Gasteiger partial charge in [-0.05, 0) is 12.8 Å². The molecule has 0 N–H and O–H groups in total. The maximum absolute atomic E-state index is 6.09. The van der Waals surface area contributed by atoms with Crippen LogP contribution in [0.15, 0.2) is 12.1 Å². The third-order valence-corrected chi connectivity index (χ3v) is 4.18. The predicted molar refractivity (Wildman–Crippen MR) is 81.5 cm³/mol. The maximum atomic E-state index is 6.09. The van der Waals surface area contributed by atoms with Crippen LogP contribution in [0.4, 0.5) is 0 Å². The molecule has 0 saturated carbocycles. The second-order valence-electron chi connectivity index (χ2n) is 5.07. The first-order valence-corrected chi connectivity index (χ1v) is 7.58. The zero-order valence-electron chi connectivity index (χ0n) is 12.3. The molecule has 0 spiro atoms. The van der Waals surface area contributed by atoms with Crippen molar-refractivity contribution in [1.82, 2.24) is 9.55 Å². The van der Waals surface area contributed by atoms with Crippen molar-refractivity contribution in [2.45, 2.75) is 24.8 Å². The average molecular weight is 311 g/mol. The van der Waals surface area contributed by atoms with Gasteiger partial charge in [-0.3, -0.25) is 0 Å². The largest absolute Gasteiger partial charge is 0.493 e. The molecule has 0 amide bonds. The number of alkyl halides is 1. The van der Waals surface area contributed by atoms with Gasteiger partial charge in [-0.15, -0.1) is 11.6 Å². The molecule has 1 aromatic heterocycles. The van der Waals surface area contributed by atoms with E-state index in [0.29, 0.717) is 23.4 Å². The highest BCUT2D eigenvalue weighted by Gasteiger charge is 2.22. The molecule has 1 aliphatic heterocycles. The standard InChI is InChI=1S/C15H19ClN2O3/c1-19-13-7-11-12(8-14(13)20-2)18(15(9-16)17-11)10-3-5-21-6-4-10/h7-8,10H,3-6,9H2,1-2H3. The molecule has 21 heavy (non-hydrogen) atoms. The van der Waals surface area contributed by atoms with Crippen molar-refractivity contribution >= 4 is 22.6 Å². The Morgan fingerprint density at radius 3 is 2.52 bits per heavy atom. The van der Waals surface area contributed by atoms with E-state index >= 15 is 0 Å². The molecule has 6 heteroatoms. The minimum absolute atomic E-state index is 0.371. The van der Waals surface area contributed by atoms with E-state index in [0.717, 1.165) is 42.9 Å². The third kappa shape index (κ3) is 2.56. The van der Waals surface area contributed by atoms with Crippen LogP contribution in [0.5, 0.6) is 11.5 Å². The first kappa shape index (κ1) is 14.5. The number of ether oxygens (including phenoxy) is 3. The van der Waals surface area contributed by atoms with Crippen LogP contribution in [0.1, 0.15) is 24.7 Å². The SMILES string of the molecule is COc1cc2nc(CCl)n(C3CCOCC3)c2cc1OC. The summed E-state index contributed by atoms with van der Waals surface area (Å²) in [5, 5.41) is 0. The summed E-state index contributed by atoms with van der Waals surface area (Å²) in [5.74, 6) is 2.66. The Labute approximate surface area is 128 Å². The molecule has 2 aromatic rings. The van der Waals surface area contributed by atoms with Gasteiger partial charge < -0.3 is 18.8 Å². The Balaban J connectivity index is 2.16. The lowest BCUT2D eigenvalue weighted by Gasteiger charge is -2.25. The number of halogens is 1. The summed E-state index contributed by atoms with van der Waals surface area (Å²) >= 11 is 6.09. The summed E-state index contributed by atoms with van der Waals surface area (Å²) < 4.78 is 18.4. The molecule has 1 fully saturated rings. The van der Waals surface area contributed by atoms with E-state index in [1.165, 1.54) is 0 Å². The number of rotatable bonds is 4. The summed E-state index contributed by atoms with van der Waals surface area (Å²) in [4.78, 5) is 4.65. The first-order valence-electron chi connectivity index (χ1n) is 7.05. The molecular weight excluding hydrogens is 292 g/mol. The molecule has 3 rings (SSSR count). The van der Waals surface area contributed by atoms with E-state index in [1.54, 1.807) is 14.2 Å². The first-order chi connectivity index (χ1) is 10.3. The smallest absolute Gasteiger partial charge is 0.163 e. The van der Waals surface area contributed by atoms with E-state index in [2.05, 4.69) is 9.55 Å². The van der Waals surface area contributed by atoms with E-state index in [9.17, 15) is 0 Å². The van der Waals surface area contributed by atoms with Crippen molar-refractivity contribution in [3.8, 4) is 11.5 Å². The van der Waals surface area contributed by atoms with Crippen LogP contribution >= 0.6 is 11.6 Å². The fourth-order valence-corrected chi connectivity index (χ4v) is 3.11.